The summed E-state index contributed by atoms with van der Waals surface area (Å²) in [5.74, 6) is -0.469. The van der Waals surface area contributed by atoms with Crippen LogP contribution < -0.4 is 15.2 Å². The fourth-order valence-electron chi connectivity index (χ4n) is 1.40. The van der Waals surface area contributed by atoms with Crippen LogP contribution in [-0.4, -0.2) is 38.8 Å². The molecular weight excluding hydrogens is 272 g/mol. The molecule has 19 heavy (non-hydrogen) atoms. The summed E-state index contributed by atoms with van der Waals surface area (Å²) >= 11 is 0. The van der Waals surface area contributed by atoms with Gasteiger partial charge in [-0.3, -0.25) is 4.79 Å². The molecule has 8 heteroatoms. The molecule has 0 bridgehead atoms. The molecule has 0 fully saturated rings. The number of amides is 1. The summed E-state index contributed by atoms with van der Waals surface area (Å²) in [5, 5.41) is 16.9. The number of hydrogen-bond acceptors (Lipinski definition) is 5. The highest BCUT2D eigenvalue weighted by molar-refractivity contribution is 7.89. The number of rotatable bonds is 6. The number of aromatic hydroxyl groups is 1. The summed E-state index contributed by atoms with van der Waals surface area (Å²) in [7, 11) is -2.07. The van der Waals surface area contributed by atoms with E-state index >= 15 is 0 Å². The molecule has 0 aliphatic heterocycles. The Morgan fingerprint density at radius 2 is 2.16 bits per heavy atom. The van der Waals surface area contributed by atoms with Gasteiger partial charge in [0.1, 0.15) is 11.5 Å². The Labute approximate surface area is 111 Å². The third kappa shape index (κ3) is 5.14. The van der Waals surface area contributed by atoms with Gasteiger partial charge < -0.3 is 15.2 Å². The molecule has 0 heterocycles. The number of ether oxygens (including phenoxy) is 1. The van der Waals surface area contributed by atoms with Crippen LogP contribution >= 0.6 is 0 Å². The third-order valence-electron chi connectivity index (χ3n) is 2.34. The van der Waals surface area contributed by atoms with E-state index in [4.69, 9.17) is 9.88 Å². The molecule has 0 unspecified atom stereocenters. The smallest absolute Gasteiger partial charge is 0.255 e. The second-order valence-corrected chi connectivity index (χ2v) is 5.59. The van der Waals surface area contributed by atoms with E-state index in [1.54, 1.807) is 6.07 Å². The SMILES string of the molecule is COc1ccc(C(=O)NCCCS(N)(=O)=O)c(O)c1. The molecular formula is C11H16N2O5S. The van der Waals surface area contributed by atoms with Crippen molar-refractivity contribution in [1.82, 2.24) is 5.32 Å². The lowest BCUT2D eigenvalue weighted by molar-refractivity contribution is 0.0951. The van der Waals surface area contributed by atoms with Gasteiger partial charge in [-0.25, -0.2) is 13.6 Å². The predicted molar refractivity (Wildman–Crippen MR) is 69.6 cm³/mol. The van der Waals surface area contributed by atoms with Gasteiger partial charge in [-0.1, -0.05) is 0 Å². The Hall–Kier alpha value is -1.80. The molecule has 0 saturated carbocycles. The molecule has 1 amide bonds. The maximum atomic E-state index is 11.7. The molecule has 0 saturated heterocycles. The van der Waals surface area contributed by atoms with Crippen LogP contribution in [0.3, 0.4) is 0 Å². The number of nitrogens with one attached hydrogen (secondary N) is 1. The standard InChI is InChI=1S/C11H16N2O5S/c1-18-8-3-4-9(10(14)7-8)11(15)13-5-2-6-19(12,16)17/h3-4,7,14H,2,5-6H2,1H3,(H,13,15)(H2,12,16,17). The maximum Gasteiger partial charge on any atom is 0.255 e. The minimum atomic E-state index is -3.52. The molecule has 0 aliphatic rings. The molecule has 1 aromatic carbocycles. The summed E-state index contributed by atoms with van der Waals surface area (Å²) in [6, 6.07) is 4.28. The van der Waals surface area contributed by atoms with E-state index in [1.165, 1.54) is 19.2 Å². The molecule has 4 N–H and O–H groups in total. The third-order valence-corrected chi connectivity index (χ3v) is 3.20. The number of phenolic OH excluding ortho intramolecular Hbond substituents is 1. The number of primary sulfonamides is 1. The van der Waals surface area contributed by atoms with Crippen molar-refractivity contribution >= 4 is 15.9 Å². The molecule has 0 aliphatic carbocycles. The molecule has 0 radical (unpaired) electrons. The van der Waals surface area contributed by atoms with Gasteiger partial charge in [0.25, 0.3) is 5.91 Å². The van der Waals surface area contributed by atoms with Gasteiger partial charge in [-0.2, -0.15) is 0 Å². The highest BCUT2D eigenvalue weighted by atomic mass is 32.2. The number of carbonyl (C=O) groups is 1. The number of methoxy groups -OCH3 is 1. The number of carbonyl (C=O) groups excluding carboxylic acids is 1. The minimum absolute atomic E-state index is 0.0939. The quantitative estimate of drug-likeness (QED) is 0.627. The van der Waals surface area contributed by atoms with Gasteiger partial charge in [0.15, 0.2) is 0 Å². The van der Waals surface area contributed by atoms with Crippen LogP contribution in [0.25, 0.3) is 0 Å². The van der Waals surface area contributed by atoms with Gasteiger partial charge in [0.2, 0.25) is 10.0 Å². The average molecular weight is 288 g/mol. The molecule has 1 rings (SSSR count). The van der Waals surface area contributed by atoms with Gasteiger partial charge in [0, 0.05) is 12.6 Å². The first kappa shape index (κ1) is 15.3. The first-order valence-corrected chi connectivity index (χ1v) is 7.20. The summed E-state index contributed by atoms with van der Waals surface area (Å²) in [6.45, 7) is 0.154. The van der Waals surface area contributed by atoms with Gasteiger partial charge in [-0.15, -0.1) is 0 Å². The lowest BCUT2D eigenvalue weighted by atomic mass is 10.2. The average Bonchev–Trinajstić information content (AvgIpc) is 2.33. The highest BCUT2D eigenvalue weighted by Crippen LogP contribution is 2.23. The fraction of sp³-hybridized carbons (Fsp3) is 0.364. The van der Waals surface area contributed by atoms with E-state index in [2.05, 4.69) is 5.32 Å². The number of benzene rings is 1. The zero-order chi connectivity index (χ0) is 14.5. The van der Waals surface area contributed by atoms with Gasteiger partial charge in [-0.05, 0) is 18.6 Å². The van der Waals surface area contributed by atoms with Crippen LogP contribution in [0, 0.1) is 0 Å². The Kier molecular flexibility index (Phi) is 5.13. The lowest BCUT2D eigenvalue weighted by Gasteiger charge is -2.07. The van der Waals surface area contributed by atoms with Gasteiger partial charge in [0.05, 0.1) is 18.4 Å². The maximum absolute atomic E-state index is 11.7. The van der Waals surface area contributed by atoms with E-state index in [9.17, 15) is 18.3 Å². The van der Waals surface area contributed by atoms with Crippen LogP contribution in [0.15, 0.2) is 18.2 Å². The van der Waals surface area contributed by atoms with Crippen molar-refractivity contribution in [3.8, 4) is 11.5 Å². The highest BCUT2D eigenvalue weighted by Gasteiger charge is 2.11. The Balaban J connectivity index is 2.54. The number of sulfonamides is 1. The summed E-state index contributed by atoms with van der Waals surface area (Å²) in [6.07, 6.45) is 0.210. The Morgan fingerprint density at radius 3 is 2.68 bits per heavy atom. The normalized spacial score (nSPS) is 11.1. The first-order valence-electron chi connectivity index (χ1n) is 5.49. The molecule has 0 atom stereocenters. The second kappa shape index (κ2) is 6.39. The van der Waals surface area contributed by atoms with E-state index in [1.807, 2.05) is 0 Å². The summed E-state index contributed by atoms with van der Waals surface area (Å²) in [4.78, 5) is 11.7. The topological polar surface area (TPSA) is 119 Å². The van der Waals surface area contributed by atoms with E-state index in [-0.39, 0.29) is 30.0 Å². The van der Waals surface area contributed by atoms with E-state index in [0.29, 0.717) is 5.75 Å². The second-order valence-electron chi connectivity index (χ2n) is 3.86. The molecule has 0 spiro atoms. The predicted octanol–water partition coefficient (Wildman–Crippen LogP) is -0.191. The van der Waals surface area contributed by atoms with Crippen molar-refractivity contribution in [3.63, 3.8) is 0 Å². The number of hydrogen-bond donors (Lipinski definition) is 3. The summed E-state index contributed by atoms with van der Waals surface area (Å²) in [5.41, 5.74) is 0.0939. The molecule has 7 nitrogen and oxygen atoms in total. The lowest BCUT2D eigenvalue weighted by Crippen LogP contribution is -2.27. The number of nitrogens with two attached hydrogens (primary N) is 1. The zero-order valence-electron chi connectivity index (χ0n) is 10.4. The minimum Gasteiger partial charge on any atom is -0.507 e. The monoisotopic (exact) mass is 288 g/mol. The Morgan fingerprint density at radius 1 is 1.47 bits per heavy atom. The van der Waals surface area contributed by atoms with Crippen LogP contribution in [0.4, 0.5) is 0 Å². The van der Waals surface area contributed by atoms with Crippen LogP contribution in [-0.2, 0) is 10.0 Å². The molecule has 1 aromatic rings. The molecule has 106 valence electrons. The van der Waals surface area contributed by atoms with E-state index in [0.717, 1.165) is 0 Å². The number of phenols is 1. The van der Waals surface area contributed by atoms with Crippen LogP contribution in [0.5, 0.6) is 11.5 Å². The van der Waals surface area contributed by atoms with Crippen molar-refractivity contribution in [3.05, 3.63) is 23.8 Å². The largest absolute Gasteiger partial charge is 0.507 e. The van der Waals surface area contributed by atoms with Crippen LogP contribution in [0.1, 0.15) is 16.8 Å². The first-order chi connectivity index (χ1) is 8.83. The zero-order valence-corrected chi connectivity index (χ0v) is 11.2. The van der Waals surface area contributed by atoms with Crippen LogP contribution in [0.2, 0.25) is 0 Å². The summed E-state index contributed by atoms with van der Waals surface area (Å²) < 4.78 is 26.3. The van der Waals surface area contributed by atoms with E-state index < -0.39 is 15.9 Å². The fourth-order valence-corrected chi connectivity index (χ4v) is 1.95. The molecule has 0 aromatic heterocycles. The van der Waals surface area contributed by atoms with Crippen molar-refractivity contribution in [1.29, 1.82) is 0 Å². The van der Waals surface area contributed by atoms with Crippen molar-refractivity contribution in [2.24, 2.45) is 5.14 Å². The van der Waals surface area contributed by atoms with Gasteiger partial charge >= 0.3 is 0 Å². The van der Waals surface area contributed by atoms with Crippen molar-refractivity contribution in [2.45, 2.75) is 6.42 Å². The van der Waals surface area contributed by atoms with Crippen molar-refractivity contribution < 1.29 is 23.1 Å². The van der Waals surface area contributed by atoms with Crippen molar-refractivity contribution in [2.75, 3.05) is 19.4 Å². The Bertz CT molecular complexity index is 556.